The Hall–Kier alpha value is -1.35. The van der Waals surface area contributed by atoms with Crippen molar-refractivity contribution in [2.75, 3.05) is 5.32 Å². The molecule has 2 N–H and O–H groups in total. The molecular formula is C19H30N2O. The highest BCUT2D eigenvalue weighted by molar-refractivity contribution is 5.96. The third kappa shape index (κ3) is 4.57. The molecule has 1 atom stereocenters. The summed E-state index contributed by atoms with van der Waals surface area (Å²) in [6.07, 6.45) is 7.62. The summed E-state index contributed by atoms with van der Waals surface area (Å²) in [7, 11) is 0. The summed E-state index contributed by atoms with van der Waals surface area (Å²) in [5.41, 5.74) is 4.46. The smallest absolute Gasteiger partial charge is 0.241 e. The van der Waals surface area contributed by atoms with Crippen molar-refractivity contribution in [3.63, 3.8) is 0 Å². The lowest BCUT2D eigenvalue weighted by molar-refractivity contribution is -0.118. The minimum atomic E-state index is -0.150. The molecule has 1 aliphatic carbocycles. The van der Waals surface area contributed by atoms with E-state index in [0.29, 0.717) is 6.04 Å². The van der Waals surface area contributed by atoms with Gasteiger partial charge in [0, 0.05) is 11.7 Å². The van der Waals surface area contributed by atoms with E-state index in [0.717, 1.165) is 16.8 Å². The van der Waals surface area contributed by atoms with E-state index in [1.807, 2.05) is 6.92 Å². The first-order chi connectivity index (χ1) is 10.5. The molecule has 0 saturated heterocycles. The predicted octanol–water partition coefficient (Wildman–Crippen LogP) is 4.25. The van der Waals surface area contributed by atoms with E-state index < -0.39 is 0 Å². The molecule has 1 fully saturated rings. The Morgan fingerprint density at radius 1 is 1.05 bits per heavy atom. The lowest BCUT2D eigenvalue weighted by Gasteiger charge is -2.22. The highest BCUT2D eigenvalue weighted by Crippen LogP contribution is 2.22. The minimum absolute atomic E-state index is 0.0688. The highest BCUT2D eigenvalue weighted by atomic mass is 16.2. The normalized spacial score (nSPS) is 17.8. The number of amides is 1. The van der Waals surface area contributed by atoms with Gasteiger partial charge in [0.2, 0.25) is 5.91 Å². The Morgan fingerprint density at radius 2 is 1.59 bits per heavy atom. The summed E-state index contributed by atoms with van der Waals surface area (Å²) in [5, 5.41) is 6.63. The van der Waals surface area contributed by atoms with Gasteiger partial charge in [0.25, 0.3) is 0 Å². The molecule has 1 saturated carbocycles. The van der Waals surface area contributed by atoms with Crippen LogP contribution < -0.4 is 10.6 Å². The van der Waals surface area contributed by atoms with Gasteiger partial charge in [-0.05, 0) is 51.7 Å². The van der Waals surface area contributed by atoms with Crippen LogP contribution in [0.3, 0.4) is 0 Å². The van der Waals surface area contributed by atoms with Crippen LogP contribution in [0.25, 0.3) is 0 Å². The SMILES string of the molecule is Cc1cc(C)c(NC(=O)[C@H](C)NC2CCCCCC2)c(C)c1. The second-order valence-electron chi connectivity index (χ2n) is 6.84. The Labute approximate surface area is 134 Å². The molecule has 0 unspecified atom stereocenters. The van der Waals surface area contributed by atoms with Gasteiger partial charge in [-0.15, -0.1) is 0 Å². The first-order valence-electron chi connectivity index (χ1n) is 8.62. The second-order valence-corrected chi connectivity index (χ2v) is 6.84. The molecule has 0 bridgehead atoms. The molecule has 1 aromatic carbocycles. The molecule has 3 heteroatoms. The number of benzene rings is 1. The van der Waals surface area contributed by atoms with E-state index in [1.54, 1.807) is 0 Å². The van der Waals surface area contributed by atoms with Crippen molar-refractivity contribution < 1.29 is 4.79 Å². The quantitative estimate of drug-likeness (QED) is 0.816. The Bertz CT molecular complexity index is 493. The Balaban J connectivity index is 1.96. The van der Waals surface area contributed by atoms with Gasteiger partial charge in [-0.25, -0.2) is 0 Å². The number of carbonyl (C=O) groups is 1. The molecular weight excluding hydrogens is 272 g/mol. The lowest BCUT2D eigenvalue weighted by Crippen LogP contribution is -2.43. The van der Waals surface area contributed by atoms with Crippen molar-refractivity contribution in [2.45, 2.75) is 78.3 Å². The van der Waals surface area contributed by atoms with E-state index in [1.165, 1.54) is 44.1 Å². The first-order valence-corrected chi connectivity index (χ1v) is 8.62. The summed E-state index contributed by atoms with van der Waals surface area (Å²) in [5.74, 6) is 0.0688. The maximum absolute atomic E-state index is 12.5. The van der Waals surface area contributed by atoms with Crippen molar-refractivity contribution in [1.82, 2.24) is 5.32 Å². The summed E-state index contributed by atoms with van der Waals surface area (Å²) in [6, 6.07) is 4.57. The van der Waals surface area contributed by atoms with Gasteiger partial charge in [0.1, 0.15) is 0 Å². The van der Waals surface area contributed by atoms with Crippen LogP contribution in [0.4, 0.5) is 5.69 Å². The number of aryl methyl sites for hydroxylation is 3. The average Bonchev–Trinajstić information content (AvgIpc) is 2.71. The Morgan fingerprint density at radius 3 is 2.14 bits per heavy atom. The van der Waals surface area contributed by atoms with Gasteiger partial charge in [-0.1, -0.05) is 43.4 Å². The van der Waals surface area contributed by atoms with Crippen LogP contribution in [0.2, 0.25) is 0 Å². The van der Waals surface area contributed by atoms with Crippen molar-refractivity contribution in [2.24, 2.45) is 0 Å². The zero-order chi connectivity index (χ0) is 16.1. The molecule has 0 heterocycles. The van der Waals surface area contributed by atoms with Crippen molar-refractivity contribution in [3.8, 4) is 0 Å². The maximum atomic E-state index is 12.5. The molecule has 1 amide bonds. The number of hydrogen-bond donors (Lipinski definition) is 2. The summed E-state index contributed by atoms with van der Waals surface area (Å²) in [6.45, 7) is 8.17. The fourth-order valence-corrected chi connectivity index (χ4v) is 3.48. The van der Waals surface area contributed by atoms with Crippen LogP contribution in [0, 0.1) is 20.8 Å². The van der Waals surface area contributed by atoms with Gasteiger partial charge in [0.05, 0.1) is 6.04 Å². The molecule has 1 aliphatic rings. The molecule has 22 heavy (non-hydrogen) atoms. The third-order valence-electron chi connectivity index (χ3n) is 4.66. The summed E-state index contributed by atoms with van der Waals surface area (Å²) in [4.78, 5) is 12.5. The van der Waals surface area contributed by atoms with Crippen LogP contribution in [0.15, 0.2) is 12.1 Å². The molecule has 3 nitrogen and oxygen atoms in total. The minimum Gasteiger partial charge on any atom is -0.324 e. The van der Waals surface area contributed by atoms with E-state index in [-0.39, 0.29) is 11.9 Å². The average molecular weight is 302 g/mol. The molecule has 0 spiro atoms. The molecule has 1 aromatic rings. The van der Waals surface area contributed by atoms with Crippen LogP contribution in [-0.4, -0.2) is 18.0 Å². The number of nitrogens with one attached hydrogen (secondary N) is 2. The second kappa shape index (κ2) is 7.77. The third-order valence-corrected chi connectivity index (χ3v) is 4.66. The molecule has 0 radical (unpaired) electrons. The van der Waals surface area contributed by atoms with Crippen molar-refractivity contribution in [1.29, 1.82) is 0 Å². The fraction of sp³-hybridized carbons (Fsp3) is 0.632. The topological polar surface area (TPSA) is 41.1 Å². The molecule has 0 aliphatic heterocycles. The summed E-state index contributed by atoms with van der Waals surface area (Å²) < 4.78 is 0. The Kier molecular flexibility index (Phi) is 6.01. The highest BCUT2D eigenvalue weighted by Gasteiger charge is 2.20. The zero-order valence-corrected chi connectivity index (χ0v) is 14.5. The molecule has 122 valence electrons. The van der Waals surface area contributed by atoms with Gasteiger partial charge in [-0.2, -0.15) is 0 Å². The summed E-state index contributed by atoms with van der Waals surface area (Å²) >= 11 is 0. The number of hydrogen-bond acceptors (Lipinski definition) is 2. The lowest BCUT2D eigenvalue weighted by atomic mass is 10.0. The first kappa shape index (κ1) is 17.0. The van der Waals surface area contributed by atoms with E-state index in [9.17, 15) is 4.79 Å². The van der Waals surface area contributed by atoms with Crippen molar-refractivity contribution in [3.05, 3.63) is 28.8 Å². The molecule has 2 rings (SSSR count). The monoisotopic (exact) mass is 302 g/mol. The van der Waals surface area contributed by atoms with Gasteiger partial charge in [0.15, 0.2) is 0 Å². The number of carbonyl (C=O) groups excluding carboxylic acids is 1. The van der Waals surface area contributed by atoms with E-state index in [2.05, 4.69) is 43.5 Å². The van der Waals surface area contributed by atoms with E-state index >= 15 is 0 Å². The van der Waals surface area contributed by atoms with E-state index in [4.69, 9.17) is 0 Å². The fourth-order valence-electron chi connectivity index (χ4n) is 3.48. The number of rotatable bonds is 4. The zero-order valence-electron chi connectivity index (χ0n) is 14.5. The van der Waals surface area contributed by atoms with Crippen LogP contribution in [-0.2, 0) is 4.79 Å². The van der Waals surface area contributed by atoms with Crippen molar-refractivity contribution >= 4 is 11.6 Å². The van der Waals surface area contributed by atoms with Crippen LogP contribution in [0.5, 0.6) is 0 Å². The molecule has 0 aromatic heterocycles. The van der Waals surface area contributed by atoms with Gasteiger partial charge < -0.3 is 10.6 Å². The largest absolute Gasteiger partial charge is 0.324 e. The predicted molar refractivity (Wildman–Crippen MR) is 93.4 cm³/mol. The van der Waals surface area contributed by atoms with Crippen LogP contribution >= 0.6 is 0 Å². The number of anilines is 1. The maximum Gasteiger partial charge on any atom is 0.241 e. The standard InChI is InChI=1S/C19H30N2O/c1-13-11-14(2)18(15(3)12-13)21-19(22)16(4)20-17-9-7-5-6-8-10-17/h11-12,16-17,20H,5-10H2,1-4H3,(H,21,22)/t16-/m0/s1. The van der Waals surface area contributed by atoms with Crippen LogP contribution in [0.1, 0.15) is 62.1 Å². The van der Waals surface area contributed by atoms with Gasteiger partial charge >= 0.3 is 0 Å². The van der Waals surface area contributed by atoms with Gasteiger partial charge in [-0.3, -0.25) is 4.79 Å².